The molecule has 0 aliphatic carbocycles. The molecule has 2 aliphatic heterocycles. The maximum atomic E-state index is 11.2. The number of amides is 1. The number of rotatable bonds is 4. The fraction of sp³-hybridized carbons (Fsp3) is 0.688. The highest BCUT2D eigenvalue weighted by Crippen LogP contribution is 2.22. The van der Waals surface area contributed by atoms with E-state index >= 15 is 0 Å². The number of ether oxygens (including phenoxy) is 1. The van der Waals surface area contributed by atoms with E-state index in [4.69, 9.17) is 9.72 Å². The SMILES string of the molecule is CCc1cc(N2CC[C@H](NC(C)=O)C2)nc(N2CCOCC2)n1. The number of morpholine rings is 1. The third-order valence-corrected chi connectivity index (χ3v) is 4.33. The van der Waals surface area contributed by atoms with Crippen LogP contribution in [0.5, 0.6) is 0 Å². The van der Waals surface area contributed by atoms with E-state index in [0.29, 0.717) is 0 Å². The first-order valence-corrected chi connectivity index (χ1v) is 8.38. The second-order valence-electron chi connectivity index (χ2n) is 6.10. The van der Waals surface area contributed by atoms with Crippen molar-refractivity contribution in [2.24, 2.45) is 0 Å². The lowest BCUT2D eigenvalue weighted by molar-refractivity contribution is -0.119. The first-order valence-electron chi connectivity index (χ1n) is 8.38. The van der Waals surface area contributed by atoms with Crippen LogP contribution in [-0.4, -0.2) is 61.3 Å². The Bertz CT molecular complexity index is 559. The molecule has 0 unspecified atom stereocenters. The number of carbonyl (C=O) groups excluding carboxylic acids is 1. The Morgan fingerprint density at radius 3 is 2.78 bits per heavy atom. The normalized spacial score (nSPS) is 21.6. The van der Waals surface area contributed by atoms with Crippen LogP contribution in [0.15, 0.2) is 6.07 Å². The molecular formula is C16H25N5O2. The first kappa shape index (κ1) is 16.0. The lowest BCUT2D eigenvalue weighted by atomic mass is 10.2. The molecule has 1 N–H and O–H groups in total. The van der Waals surface area contributed by atoms with Crippen molar-refractivity contribution in [3.63, 3.8) is 0 Å². The van der Waals surface area contributed by atoms with Crippen LogP contribution in [0.2, 0.25) is 0 Å². The zero-order chi connectivity index (χ0) is 16.2. The molecule has 1 amide bonds. The molecule has 0 spiro atoms. The van der Waals surface area contributed by atoms with E-state index in [9.17, 15) is 4.79 Å². The predicted molar refractivity (Wildman–Crippen MR) is 88.9 cm³/mol. The van der Waals surface area contributed by atoms with Gasteiger partial charge in [0.1, 0.15) is 5.82 Å². The van der Waals surface area contributed by atoms with E-state index in [2.05, 4.69) is 33.1 Å². The van der Waals surface area contributed by atoms with Gasteiger partial charge in [0.25, 0.3) is 0 Å². The summed E-state index contributed by atoms with van der Waals surface area (Å²) < 4.78 is 5.41. The van der Waals surface area contributed by atoms with Gasteiger partial charge >= 0.3 is 0 Å². The molecule has 1 aromatic heterocycles. The Hall–Kier alpha value is -1.89. The second kappa shape index (κ2) is 7.12. The van der Waals surface area contributed by atoms with Gasteiger partial charge in [-0.25, -0.2) is 4.98 Å². The molecule has 0 saturated carbocycles. The van der Waals surface area contributed by atoms with Crippen molar-refractivity contribution < 1.29 is 9.53 Å². The van der Waals surface area contributed by atoms with Crippen LogP contribution < -0.4 is 15.1 Å². The van der Waals surface area contributed by atoms with Crippen molar-refractivity contribution in [2.75, 3.05) is 49.2 Å². The minimum atomic E-state index is 0.0304. The molecule has 1 aromatic rings. The van der Waals surface area contributed by atoms with Crippen molar-refractivity contribution in [3.8, 4) is 0 Å². The topological polar surface area (TPSA) is 70.6 Å². The van der Waals surface area contributed by atoms with Crippen LogP contribution in [0.1, 0.15) is 26.0 Å². The van der Waals surface area contributed by atoms with Gasteiger partial charge in [0.05, 0.1) is 13.2 Å². The molecule has 7 nitrogen and oxygen atoms in total. The summed E-state index contributed by atoms with van der Waals surface area (Å²) in [7, 11) is 0. The van der Waals surface area contributed by atoms with Gasteiger partial charge in [0, 0.05) is 50.9 Å². The average molecular weight is 319 g/mol. The van der Waals surface area contributed by atoms with Crippen molar-refractivity contribution in [1.82, 2.24) is 15.3 Å². The quantitative estimate of drug-likeness (QED) is 0.876. The predicted octanol–water partition coefficient (Wildman–Crippen LogP) is 0.590. The van der Waals surface area contributed by atoms with E-state index in [1.165, 1.54) is 0 Å². The molecule has 0 bridgehead atoms. The maximum Gasteiger partial charge on any atom is 0.227 e. The Balaban J connectivity index is 1.77. The third-order valence-electron chi connectivity index (χ3n) is 4.33. The van der Waals surface area contributed by atoms with Gasteiger partial charge in [0.2, 0.25) is 11.9 Å². The smallest absolute Gasteiger partial charge is 0.227 e. The fourth-order valence-electron chi connectivity index (χ4n) is 3.09. The maximum absolute atomic E-state index is 11.2. The van der Waals surface area contributed by atoms with Crippen molar-refractivity contribution >= 4 is 17.7 Å². The van der Waals surface area contributed by atoms with E-state index in [1.807, 2.05) is 0 Å². The van der Waals surface area contributed by atoms with E-state index in [1.54, 1.807) is 6.92 Å². The minimum Gasteiger partial charge on any atom is -0.378 e. The number of aryl methyl sites for hydroxylation is 1. The van der Waals surface area contributed by atoms with Gasteiger partial charge in [-0.3, -0.25) is 4.79 Å². The average Bonchev–Trinajstić information content (AvgIpc) is 3.03. The van der Waals surface area contributed by atoms with Gasteiger partial charge in [-0.1, -0.05) is 6.92 Å². The van der Waals surface area contributed by atoms with E-state index < -0.39 is 0 Å². The molecule has 3 heterocycles. The number of hydrogen-bond acceptors (Lipinski definition) is 6. The third kappa shape index (κ3) is 3.90. The van der Waals surface area contributed by atoms with E-state index in [0.717, 1.165) is 69.7 Å². The van der Waals surface area contributed by atoms with Crippen LogP contribution in [-0.2, 0) is 16.0 Å². The molecule has 7 heteroatoms. The summed E-state index contributed by atoms with van der Waals surface area (Å²) in [4.78, 5) is 25.1. The Kier molecular flexibility index (Phi) is 4.95. The van der Waals surface area contributed by atoms with Crippen LogP contribution in [0.25, 0.3) is 0 Å². The summed E-state index contributed by atoms with van der Waals surface area (Å²) >= 11 is 0. The number of hydrogen-bond donors (Lipinski definition) is 1. The molecule has 2 fully saturated rings. The molecule has 2 aliphatic rings. The van der Waals surface area contributed by atoms with E-state index in [-0.39, 0.29) is 11.9 Å². The summed E-state index contributed by atoms with van der Waals surface area (Å²) in [6, 6.07) is 2.28. The van der Waals surface area contributed by atoms with Gasteiger partial charge in [-0.05, 0) is 12.8 Å². The second-order valence-corrected chi connectivity index (χ2v) is 6.10. The summed E-state index contributed by atoms with van der Waals surface area (Å²) in [5.74, 6) is 1.79. The number of carbonyl (C=O) groups is 1. The summed E-state index contributed by atoms with van der Waals surface area (Å²) in [5.41, 5.74) is 1.06. The lowest BCUT2D eigenvalue weighted by Crippen LogP contribution is -2.38. The molecular weight excluding hydrogens is 294 g/mol. The Morgan fingerprint density at radius 2 is 2.09 bits per heavy atom. The molecule has 126 valence electrons. The van der Waals surface area contributed by atoms with Crippen LogP contribution in [0, 0.1) is 0 Å². The summed E-state index contributed by atoms with van der Waals surface area (Å²) in [5, 5.41) is 3.00. The molecule has 23 heavy (non-hydrogen) atoms. The Labute approximate surface area is 137 Å². The monoisotopic (exact) mass is 319 g/mol. The highest BCUT2D eigenvalue weighted by atomic mass is 16.5. The number of aromatic nitrogens is 2. The van der Waals surface area contributed by atoms with Crippen LogP contribution in [0.3, 0.4) is 0 Å². The van der Waals surface area contributed by atoms with Crippen molar-refractivity contribution in [3.05, 3.63) is 11.8 Å². The Morgan fingerprint density at radius 1 is 1.30 bits per heavy atom. The standard InChI is InChI=1S/C16H25N5O2/c1-3-13-10-15(21-5-4-14(11-21)17-12(2)22)19-16(18-13)20-6-8-23-9-7-20/h10,14H,3-9,11H2,1-2H3,(H,17,22)/t14-/m0/s1. The molecule has 1 atom stereocenters. The minimum absolute atomic E-state index is 0.0304. The zero-order valence-electron chi connectivity index (χ0n) is 13.9. The molecule has 2 saturated heterocycles. The van der Waals surface area contributed by atoms with Gasteiger partial charge < -0.3 is 19.9 Å². The largest absolute Gasteiger partial charge is 0.378 e. The molecule has 0 aromatic carbocycles. The van der Waals surface area contributed by atoms with Gasteiger partial charge in [-0.2, -0.15) is 4.98 Å². The number of nitrogens with one attached hydrogen (secondary N) is 1. The fourth-order valence-corrected chi connectivity index (χ4v) is 3.09. The van der Waals surface area contributed by atoms with Gasteiger partial charge in [0.15, 0.2) is 0 Å². The molecule has 3 rings (SSSR count). The van der Waals surface area contributed by atoms with Crippen molar-refractivity contribution in [1.29, 1.82) is 0 Å². The number of nitrogens with zero attached hydrogens (tertiary/aromatic N) is 4. The zero-order valence-corrected chi connectivity index (χ0v) is 13.9. The first-order chi connectivity index (χ1) is 11.2. The highest BCUT2D eigenvalue weighted by molar-refractivity contribution is 5.73. The van der Waals surface area contributed by atoms with Crippen LogP contribution in [0.4, 0.5) is 11.8 Å². The number of anilines is 2. The lowest BCUT2D eigenvalue weighted by Gasteiger charge is -2.28. The van der Waals surface area contributed by atoms with Crippen LogP contribution >= 0.6 is 0 Å². The summed E-state index contributed by atoms with van der Waals surface area (Å²) in [6.07, 6.45) is 1.84. The highest BCUT2D eigenvalue weighted by Gasteiger charge is 2.25. The van der Waals surface area contributed by atoms with Crippen molar-refractivity contribution in [2.45, 2.75) is 32.7 Å². The summed E-state index contributed by atoms with van der Waals surface area (Å²) in [6.45, 7) is 8.52. The van der Waals surface area contributed by atoms with Gasteiger partial charge in [-0.15, -0.1) is 0 Å². The molecule has 0 radical (unpaired) electrons.